The summed E-state index contributed by atoms with van der Waals surface area (Å²) in [5.74, 6) is -2.16. The number of hydrogen-bond donors (Lipinski definition) is 0. The highest BCUT2D eigenvalue weighted by atomic mass is 16.2. The normalized spacial score (nSPS) is 10.2. The van der Waals surface area contributed by atoms with Crippen LogP contribution in [-0.4, -0.2) is 35.6 Å². The van der Waals surface area contributed by atoms with E-state index < -0.39 is 23.6 Å². The maximum atomic E-state index is 12.9. The number of nitrogens with zero attached hydrogens (tertiary/aromatic N) is 4. The van der Waals surface area contributed by atoms with E-state index >= 15 is 0 Å². The van der Waals surface area contributed by atoms with Gasteiger partial charge in [-0.3, -0.25) is 19.2 Å². The van der Waals surface area contributed by atoms with Gasteiger partial charge in [-0.15, -0.1) is 20.0 Å². The molecule has 0 aromatic heterocycles. The molecule has 0 fully saturated rings. The Morgan fingerprint density at radius 2 is 0.708 bits per heavy atom. The van der Waals surface area contributed by atoms with Crippen LogP contribution in [0.2, 0.25) is 0 Å². The van der Waals surface area contributed by atoms with E-state index in [0.29, 0.717) is 22.3 Å². The standard InChI is InChI=1S/C40H30N4O4/c1-25-11-5-7-13-31(25)37(45)41-23-43-39(47)35-17-9-15-33(27(35)3)29-19-21-30(22-20-29)34-16-10-18-36(28(34)4)40(48)44-24-42-38(46)32-14-8-6-12-26(32)2/h5-22H,1-4H3. The van der Waals surface area contributed by atoms with E-state index in [9.17, 15) is 19.2 Å². The van der Waals surface area contributed by atoms with Crippen molar-refractivity contribution in [2.75, 3.05) is 0 Å². The van der Waals surface area contributed by atoms with Crippen molar-refractivity contribution >= 4 is 35.6 Å². The molecule has 0 aliphatic carbocycles. The Hall–Kier alpha value is -6.46. The summed E-state index contributed by atoms with van der Waals surface area (Å²) >= 11 is 0. The predicted molar refractivity (Wildman–Crippen MR) is 186 cm³/mol. The monoisotopic (exact) mass is 630 g/mol. The summed E-state index contributed by atoms with van der Waals surface area (Å²) < 4.78 is 0. The molecule has 234 valence electrons. The lowest BCUT2D eigenvalue weighted by molar-refractivity contribution is 0.0989. The maximum absolute atomic E-state index is 12.9. The van der Waals surface area contributed by atoms with E-state index in [1.165, 1.54) is 0 Å². The third-order valence-electron chi connectivity index (χ3n) is 7.99. The summed E-state index contributed by atoms with van der Waals surface area (Å²) in [5, 5.41) is 0. The summed E-state index contributed by atoms with van der Waals surface area (Å²) in [5.41, 5.74) is 8.00. The highest BCUT2D eigenvalue weighted by molar-refractivity contribution is 6.04. The molecule has 0 unspecified atom stereocenters. The largest absolute Gasteiger partial charge is 0.286 e. The Balaban J connectivity index is 1.33. The fraction of sp³-hybridized carbons (Fsp3) is 0.100. The highest BCUT2D eigenvalue weighted by Gasteiger charge is 2.15. The molecule has 48 heavy (non-hydrogen) atoms. The zero-order chi connectivity index (χ0) is 34.2. The van der Waals surface area contributed by atoms with Crippen LogP contribution < -0.4 is 0 Å². The van der Waals surface area contributed by atoms with Crippen molar-refractivity contribution in [3.63, 3.8) is 0 Å². The molecule has 0 radical (unpaired) electrons. The molecule has 0 bridgehead atoms. The molecule has 0 aliphatic heterocycles. The van der Waals surface area contributed by atoms with Crippen LogP contribution in [0.15, 0.2) is 129 Å². The van der Waals surface area contributed by atoms with Crippen LogP contribution in [0.3, 0.4) is 0 Å². The van der Waals surface area contributed by atoms with Gasteiger partial charge in [0.25, 0.3) is 23.6 Å². The van der Waals surface area contributed by atoms with E-state index in [1.807, 2.05) is 62.4 Å². The predicted octanol–water partition coefficient (Wildman–Crippen LogP) is 8.56. The number of rotatable bonds is 6. The molecule has 0 spiro atoms. The average molecular weight is 631 g/mol. The van der Waals surface area contributed by atoms with E-state index in [0.717, 1.165) is 44.5 Å². The first-order chi connectivity index (χ1) is 23.2. The molecule has 8 nitrogen and oxygen atoms in total. The summed E-state index contributed by atoms with van der Waals surface area (Å²) in [7, 11) is 0. The third-order valence-corrected chi connectivity index (χ3v) is 7.99. The van der Waals surface area contributed by atoms with Gasteiger partial charge in [0, 0.05) is 22.3 Å². The van der Waals surface area contributed by atoms with Crippen LogP contribution in [0.25, 0.3) is 22.3 Å². The van der Waals surface area contributed by atoms with Gasteiger partial charge in [-0.1, -0.05) is 84.9 Å². The van der Waals surface area contributed by atoms with Gasteiger partial charge in [-0.05, 0) is 96.5 Å². The maximum Gasteiger partial charge on any atom is 0.286 e. The van der Waals surface area contributed by atoms with E-state index in [4.69, 9.17) is 0 Å². The molecule has 0 atom stereocenters. The zero-order valence-corrected chi connectivity index (χ0v) is 26.8. The van der Waals surface area contributed by atoms with Crippen LogP contribution in [0.4, 0.5) is 0 Å². The van der Waals surface area contributed by atoms with Gasteiger partial charge in [0.2, 0.25) is 0 Å². The number of carbonyl (C=O) groups is 4. The van der Waals surface area contributed by atoms with Crippen LogP contribution in [-0.2, 0) is 0 Å². The molecule has 5 aromatic rings. The molecule has 8 heteroatoms. The van der Waals surface area contributed by atoms with E-state index in [-0.39, 0.29) is 0 Å². The minimum absolute atomic E-state index is 0.370. The fourth-order valence-electron chi connectivity index (χ4n) is 5.29. The number of carbonyl (C=O) groups excluding carboxylic acids is 4. The number of aryl methyl sites for hydroxylation is 2. The quantitative estimate of drug-likeness (QED) is 0.175. The van der Waals surface area contributed by atoms with Crippen LogP contribution >= 0.6 is 0 Å². The summed E-state index contributed by atoms with van der Waals surface area (Å²) in [6, 6.07) is 37.0. The van der Waals surface area contributed by atoms with Gasteiger partial charge in [-0.2, -0.15) is 0 Å². The molecular formula is C40H30N4O4. The first kappa shape index (κ1) is 32.9. The Labute approximate surface area is 278 Å². The fourth-order valence-corrected chi connectivity index (χ4v) is 5.29. The highest BCUT2D eigenvalue weighted by Crippen LogP contribution is 2.31. The van der Waals surface area contributed by atoms with Gasteiger partial charge in [0.1, 0.15) is 12.0 Å². The molecule has 0 aliphatic rings. The molecule has 0 saturated heterocycles. The second-order valence-corrected chi connectivity index (χ2v) is 11.0. The smallest absolute Gasteiger partial charge is 0.266 e. The lowest BCUT2D eigenvalue weighted by Gasteiger charge is -2.12. The lowest BCUT2D eigenvalue weighted by Crippen LogP contribution is -2.01. The second-order valence-electron chi connectivity index (χ2n) is 11.0. The minimum atomic E-state index is -0.559. The molecule has 0 N–H and O–H groups in total. The Bertz CT molecular complexity index is 2060. The second kappa shape index (κ2) is 14.8. The van der Waals surface area contributed by atoms with Gasteiger partial charge < -0.3 is 0 Å². The van der Waals surface area contributed by atoms with Crippen LogP contribution in [0, 0.1) is 27.7 Å². The van der Waals surface area contributed by atoms with Gasteiger partial charge >= 0.3 is 0 Å². The van der Waals surface area contributed by atoms with Crippen molar-refractivity contribution in [3.05, 3.63) is 154 Å². The minimum Gasteiger partial charge on any atom is -0.266 e. The number of hydrogen-bond acceptors (Lipinski definition) is 4. The summed E-state index contributed by atoms with van der Waals surface area (Å²) in [4.78, 5) is 65.5. The number of aliphatic imine (C=N–C) groups is 4. The Morgan fingerprint density at radius 1 is 0.396 bits per heavy atom. The SMILES string of the molecule is Cc1ccccc1C(=O)N=C=NC(=O)c1cccc(-c2ccc(-c3cccc(C(=O)N=C=NC(=O)c4ccccc4C)c3C)cc2)c1C. The molecule has 0 heterocycles. The summed E-state index contributed by atoms with van der Waals surface area (Å²) in [6.07, 6.45) is 0. The lowest BCUT2D eigenvalue weighted by atomic mass is 9.92. The zero-order valence-electron chi connectivity index (χ0n) is 26.8. The van der Waals surface area contributed by atoms with Crippen molar-refractivity contribution in [1.29, 1.82) is 0 Å². The first-order valence-electron chi connectivity index (χ1n) is 15.1. The van der Waals surface area contributed by atoms with E-state index in [2.05, 4.69) is 32.0 Å². The van der Waals surface area contributed by atoms with Crippen LogP contribution in [0.1, 0.15) is 63.7 Å². The average Bonchev–Trinajstić information content (AvgIpc) is 3.08. The molecule has 4 amide bonds. The topological polar surface area (TPSA) is 118 Å². The Morgan fingerprint density at radius 3 is 1.06 bits per heavy atom. The molecule has 0 saturated carbocycles. The van der Waals surface area contributed by atoms with Gasteiger partial charge in [0.15, 0.2) is 0 Å². The summed E-state index contributed by atoms with van der Waals surface area (Å²) in [6.45, 7) is 7.27. The van der Waals surface area contributed by atoms with Gasteiger partial charge in [0.05, 0.1) is 0 Å². The Kier molecular flexibility index (Phi) is 10.1. The molecule has 5 aromatic carbocycles. The molecule has 5 rings (SSSR count). The van der Waals surface area contributed by atoms with Crippen molar-refractivity contribution in [3.8, 4) is 22.3 Å². The van der Waals surface area contributed by atoms with Gasteiger partial charge in [-0.25, -0.2) is 0 Å². The van der Waals surface area contributed by atoms with Crippen LogP contribution in [0.5, 0.6) is 0 Å². The first-order valence-corrected chi connectivity index (χ1v) is 15.1. The van der Waals surface area contributed by atoms with Crippen molar-refractivity contribution in [2.45, 2.75) is 27.7 Å². The third kappa shape index (κ3) is 7.33. The molecular weight excluding hydrogens is 600 g/mol. The number of benzene rings is 5. The number of amides is 4. The van der Waals surface area contributed by atoms with E-state index in [1.54, 1.807) is 74.5 Å². The van der Waals surface area contributed by atoms with Crippen molar-refractivity contribution < 1.29 is 19.2 Å². The van der Waals surface area contributed by atoms with Crippen molar-refractivity contribution in [2.24, 2.45) is 20.0 Å². The van der Waals surface area contributed by atoms with Crippen molar-refractivity contribution in [1.82, 2.24) is 0 Å².